The summed E-state index contributed by atoms with van der Waals surface area (Å²) in [6, 6.07) is 20.8. The van der Waals surface area contributed by atoms with Gasteiger partial charge in [0.25, 0.3) is 0 Å². The minimum Gasteiger partial charge on any atom is -0.466 e. The van der Waals surface area contributed by atoms with Crippen molar-refractivity contribution in [3.05, 3.63) is 72.4 Å². The number of carbonyl (C=O) groups is 2. The van der Waals surface area contributed by atoms with Gasteiger partial charge in [-0.3, -0.25) is 4.79 Å². The molecule has 0 N–H and O–H groups in total. The molecule has 0 aliphatic carbocycles. The molecular weight excluding hydrogens is 334 g/mol. The van der Waals surface area contributed by atoms with E-state index >= 15 is 0 Å². The number of carbonyl (C=O) groups excluding carboxylic acids is 2. The van der Waals surface area contributed by atoms with Crippen LogP contribution in [0.4, 0.5) is 0 Å². The van der Waals surface area contributed by atoms with Gasteiger partial charge in [0.2, 0.25) is 5.91 Å². The van der Waals surface area contributed by atoms with E-state index in [0.717, 1.165) is 0 Å². The fourth-order valence-corrected chi connectivity index (χ4v) is 3.75. The molecule has 0 unspecified atom stereocenters. The van der Waals surface area contributed by atoms with Gasteiger partial charge in [-0.15, -0.1) is 11.8 Å². The molecule has 2 aliphatic heterocycles. The van der Waals surface area contributed by atoms with Gasteiger partial charge in [-0.1, -0.05) is 60.7 Å². The summed E-state index contributed by atoms with van der Waals surface area (Å²) >= 11 is 1.60. The maximum absolute atomic E-state index is 11.1. The second kappa shape index (κ2) is 8.03. The van der Waals surface area contributed by atoms with E-state index in [1.807, 2.05) is 12.1 Å². The topological polar surface area (TPSA) is 46.6 Å². The van der Waals surface area contributed by atoms with E-state index in [9.17, 15) is 9.59 Å². The molecule has 0 radical (unpaired) electrons. The van der Waals surface area contributed by atoms with Gasteiger partial charge in [0.05, 0.1) is 24.5 Å². The number of benzene rings is 2. The number of nitrogens with zero attached hydrogens (tertiary/aromatic N) is 1. The smallest absolute Gasteiger partial charge is 0.336 e. The lowest BCUT2D eigenvalue weighted by Crippen LogP contribution is -2.49. The SMILES string of the molecule is COC(=O)C1=CN2C(=O)C[C@H]2SC1.c1ccc(-c2ccccc2)cc1. The molecule has 1 fully saturated rings. The molecule has 2 aliphatic rings. The monoisotopic (exact) mass is 353 g/mol. The van der Waals surface area contributed by atoms with Crippen molar-refractivity contribution in [1.29, 1.82) is 0 Å². The number of thioether (sulfide) groups is 1. The van der Waals surface area contributed by atoms with Crippen LogP contribution < -0.4 is 0 Å². The summed E-state index contributed by atoms with van der Waals surface area (Å²) in [7, 11) is 1.35. The van der Waals surface area contributed by atoms with Gasteiger partial charge >= 0.3 is 5.97 Å². The molecule has 1 amide bonds. The van der Waals surface area contributed by atoms with E-state index in [1.54, 1.807) is 22.9 Å². The molecule has 4 nitrogen and oxygen atoms in total. The van der Waals surface area contributed by atoms with Crippen LogP contribution in [0.5, 0.6) is 0 Å². The van der Waals surface area contributed by atoms with Crippen LogP contribution in [0.1, 0.15) is 6.42 Å². The number of ether oxygens (including phenoxy) is 1. The highest BCUT2D eigenvalue weighted by molar-refractivity contribution is 8.00. The van der Waals surface area contributed by atoms with Crippen LogP contribution in [0, 0.1) is 0 Å². The maximum atomic E-state index is 11.1. The van der Waals surface area contributed by atoms with Crippen LogP contribution in [-0.4, -0.2) is 35.0 Å². The summed E-state index contributed by atoms with van der Waals surface area (Å²) in [5.74, 6) is 0.380. The predicted octanol–water partition coefficient (Wildman–Crippen LogP) is 3.70. The Morgan fingerprint density at radius 2 is 1.60 bits per heavy atom. The Balaban J connectivity index is 0.000000146. The molecule has 2 aromatic carbocycles. The highest BCUT2D eigenvalue weighted by Gasteiger charge is 2.39. The summed E-state index contributed by atoms with van der Waals surface area (Å²) in [5.41, 5.74) is 3.12. The second-order valence-electron chi connectivity index (χ2n) is 5.65. The first-order valence-electron chi connectivity index (χ1n) is 8.01. The van der Waals surface area contributed by atoms with Crippen molar-refractivity contribution in [2.24, 2.45) is 0 Å². The predicted molar refractivity (Wildman–Crippen MR) is 99.7 cm³/mol. The van der Waals surface area contributed by atoms with Crippen molar-refractivity contribution in [3.63, 3.8) is 0 Å². The lowest BCUT2D eigenvalue weighted by Gasteiger charge is -2.40. The molecule has 2 heterocycles. The average Bonchev–Trinajstić information content (AvgIpc) is 2.68. The summed E-state index contributed by atoms with van der Waals surface area (Å²) in [6.07, 6.45) is 2.20. The molecule has 0 spiro atoms. The van der Waals surface area contributed by atoms with Crippen LogP contribution in [0.2, 0.25) is 0 Å². The molecule has 0 saturated carbocycles. The first-order chi connectivity index (χ1) is 12.2. The minimum atomic E-state index is -0.342. The molecule has 2 aromatic rings. The number of fused-ring (bicyclic) bond motifs is 1. The van der Waals surface area contributed by atoms with Crippen molar-refractivity contribution >= 4 is 23.6 Å². The number of rotatable bonds is 2. The van der Waals surface area contributed by atoms with Crippen LogP contribution in [-0.2, 0) is 14.3 Å². The van der Waals surface area contributed by atoms with Gasteiger partial charge in [-0.05, 0) is 11.1 Å². The van der Waals surface area contributed by atoms with Crippen molar-refractivity contribution in [2.75, 3.05) is 12.9 Å². The van der Waals surface area contributed by atoms with Gasteiger partial charge in [0.1, 0.15) is 0 Å². The number of esters is 1. The van der Waals surface area contributed by atoms with E-state index in [2.05, 4.69) is 53.3 Å². The van der Waals surface area contributed by atoms with Gasteiger partial charge < -0.3 is 9.64 Å². The zero-order chi connectivity index (χ0) is 17.6. The van der Waals surface area contributed by atoms with Gasteiger partial charge in [0, 0.05) is 12.0 Å². The number of hydrogen-bond acceptors (Lipinski definition) is 4. The Morgan fingerprint density at radius 1 is 1.04 bits per heavy atom. The Kier molecular flexibility index (Phi) is 5.56. The Hall–Kier alpha value is -2.53. The van der Waals surface area contributed by atoms with Crippen molar-refractivity contribution in [3.8, 4) is 11.1 Å². The number of methoxy groups -OCH3 is 1. The fraction of sp³-hybridized carbons (Fsp3) is 0.200. The average molecular weight is 353 g/mol. The molecule has 1 atom stereocenters. The standard InChI is InChI=1S/C12H10.C8H9NO3S/c1-3-7-11(8-4-1)12-9-5-2-6-10-12;1-12-8(11)5-3-9-6(10)2-7(9)13-4-5/h1-10H;3,7H,2,4H2,1H3/t;7-/m.1/s1. The van der Waals surface area contributed by atoms with Gasteiger partial charge in [-0.25, -0.2) is 4.79 Å². The first-order valence-corrected chi connectivity index (χ1v) is 9.06. The molecule has 0 bridgehead atoms. The largest absolute Gasteiger partial charge is 0.466 e. The molecule has 5 heteroatoms. The lowest BCUT2D eigenvalue weighted by molar-refractivity contribution is -0.138. The third-order valence-electron chi connectivity index (χ3n) is 4.00. The Bertz CT molecular complexity index is 737. The quantitative estimate of drug-likeness (QED) is 0.610. The third-order valence-corrected chi connectivity index (χ3v) is 5.26. The zero-order valence-electron chi connectivity index (χ0n) is 13.9. The summed E-state index contributed by atoms with van der Waals surface area (Å²) in [4.78, 5) is 23.7. The molecular formula is C20H19NO3S. The molecule has 128 valence electrons. The van der Waals surface area contributed by atoms with Crippen molar-refractivity contribution in [1.82, 2.24) is 4.90 Å². The maximum Gasteiger partial charge on any atom is 0.336 e. The van der Waals surface area contributed by atoms with Crippen LogP contribution in [0.3, 0.4) is 0 Å². The van der Waals surface area contributed by atoms with E-state index in [-0.39, 0.29) is 17.3 Å². The lowest BCUT2D eigenvalue weighted by atomic mass is 10.1. The van der Waals surface area contributed by atoms with Crippen molar-refractivity contribution in [2.45, 2.75) is 11.8 Å². The highest BCUT2D eigenvalue weighted by atomic mass is 32.2. The van der Waals surface area contributed by atoms with Crippen LogP contribution in [0.25, 0.3) is 11.1 Å². The summed E-state index contributed by atoms with van der Waals surface area (Å²) in [6.45, 7) is 0. The van der Waals surface area contributed by atoms with Crippen molar-refractivity contribution < 1.29 is 14.3 Å². The summed E-state index contributed by atoms with van der Waals surface area (Å²) in [5, 5.41) is 0.251. The molecule has 25 heavy (non-hydrogen) atoms. The Labute approximate surface area is 151 Å². The van der Waals surface area contributed by atoms with E-state index in [4.69, 9.17) is 0 Å². The minimum absolute atomic E-state index is 0.0820. The highest BCUT2D eigenvalue weighted by Crippen LogP contribution is 2.35. The second-order valence-corrected chi connectivity index (χ2v) is 6.81. The van der Waals surface area contributed by atoms with E-state index in [0.29, 0.717) is 17.7 Å². The van der Waals surface area contributed by atoms with Crippen LogP contribution >= 0.6 is 11.8 Å². The number of amides is 1. The normalized spacial score (nSPS) is 18.1. The third kappa shape index (κ3) is 4.12. The van der Waals surface area contributed by atoms with Gasteiger partial charge in [-0.2, -0.15) is 0 Å². The number of β-lactam (4-membered cyclic amide) rings is 1. The van der Waals surface area contributed by atoms with E-state index < -0.39 is 0 Å². The molecule has 4 rings (SSSR count). The fourth-order valence-electron chi connectivity index (χ4n) is 2.59. The van der Waals surface area contributed by atoms with E-state index in [1.165, 1.54) is 18.2 Å². The first kappa shape index (κ1) is 17.3. The molecule has 1 saturated heterocycles. The van der Waals surface area contributed by atoms with Gasteiger partial charge in [0.15, 0.2) is 0 Å². The van der Waals surface area contributed by atoms with Crippen LogP contribution in [0.15, 0.2) is 72.4 Å². The molecule has 0 aromatic heterocycles. The number of hydrogen-bond donors (Lipinski definition) is 0. The zero-order valence-corrected chi connectivity index (χ0v) is 14.7. The Morgan fingerprint density at radius 3 is 2.08 bits per heavy atom. The summed E-state index contributed by atoms with van der Waals surface area (Å²) < 4.78 is 4.57.